The Morgan fingerprint density at radius 3 is 2.50 bits per heavy atom. The van der Waals surface area contributed by atoms with Crippen LogP contribution in [0.25, 0.3) is 0 Å². The summed E-state index contributed by atoms with van der Waals surface area (Å²) in [7, 11) is 1.46. The molecular weight excluding hydrogens is 277 g/mol. The second-order valence-electron chi connectivity index (χ2n) is 3.87. The van der Waals surface area contributed by atoms with Gasteiger partial charge in [0, 0.05) is 7.05 Å². The van der Waals surface area contributed by atoms with Crippen molar-refractivity contribution in [3.05, 3.63) is 5.69 Å². The third kappa shape index (κ3) is 3.42. The molecule has 1 aromatic rings. The Hall–Kier alpha value is -1.15. The lowest BCUT2D eigenvalue weighted by Gasteiger charge is -2.13. The molecule has 100 valence electrons. The molecule has 8 heteroatoms. The fourth-order valence-corrected chi connectivity index (χ4v) is 2.45. The summed E-state index contributed by atoms with van der Waals surface area (Å²) < 4.78 is 14.1. The molecule has 0 aliphatic carbocycles. The van der Waals surface area contributed by atoms with Crippen molar-refractivity contribution in [1.29, 1.82) is 0 Å². The normalized spacial score (nSPS) is 11.2. The Kier molecular flexibility index (Phi) is 4.69. The minimum atomic E-state index is -2.01. The highest BCUT2D eigenvalue weighted by Gasteiger charge is 2.29. The van der Waals surface area contributed by atoms with Crippen LogP contribution in [0.4, 0.5) is 9.39 Å². The van der Waals surface area contributed by atoms with Crippen LogP contribution in [0.5, 0.6) is 0 Å². The molecule has 1 rings (SSSR count). The number of hydrogen-bond donors (Lipinski definition) is 2. The zero-order valence-electron chi connectivity index (χ0n) is 10.5. The monoisotopic (exact) mass is 291 g/mol. The molecule has 1 aromatic heterocycles. The van der Waals surface area contributed by atoms with E-state index in [2.05, 4.69) is 15.6 Å². The van der Waals surface area contributed by atoms with Crippen LogP contribution in [0.2, 0.25) is 0 Å². The molecular formula is C10H14FN3O2S2. The number of carbonyl (C=O) groups excluding carboxylic acids is 2. The average Bonchev–Trinajstić information content (AvgIpc) is 2.70. The van der Waals surface area contributed by atoms with E-state index in [4.69, 9.17) is 0 Å². The van der Waals surface area contributed by atoms with Gasteiger partial charge in [-0.25, -0.2) is 9.37 Å². The van der Waals surface area contributed by atoms with Gasteiger partial charge in [-0.15, -0.1) is 0 Å². The van der Waals surface area contributed by atoms with Gasteiger partial charge in [-0.1, -0.05) is 23.1 Å². The number of anilines is 1. The lowest BCUT2D eigenvalue weighted by Crippen LogP contribution is -2.33. The van der Waals surface area contributed by atoms with E-state index in [1.165, 1.54) is 18.8 Å². The summed E-state index contributed by atoms with van der Waals surface area (Å²) in [6, 6.07) is 0. The number of nitrogens with zero attached hydrogens (tertiary/aromatic N) is 1. The van der Waals surface area contributed by atoms with E-state index in [-0.39, 0.29) is 10.7 Å². The largest absolute Gasteiger partial charge is 0.354 e. The highest BCUT2D eigenvalue weighted by molar-refractivity contribution is 8.00. The Morgan fingerprint density at radius 1 is 1.44 bits per heavy atom. The summed E-state index contributed by atoms with van der Waals surface area (Å²) in [6.07, 6.45) is 1.80. The molecule has 0 fully saturated rings. The maximum atomic E-state index is 13.4. The van der Waals surface area contributed by atoms with Crippen LogP contribution < -0.4 is 10.6 Å². The molecule has 1 heterocycles. The number of thiazole rings is 1. The van der Waals surface area contributed by atoms with Crippen molar-refractivity contribution in [1.82, 2.24) is 10.3 Å². The molecule has 0 saturated heterocycles. The van der Waals surface area contributed by atoms with Crippen LogP contribution in [0.3, 0.4) is 0 Å². The Bertz CT molecular complexity index is 468. The molecule has 0 atom stereocenters. The first-order valence-electron chi connectivity index (χ1n) is 5.07. The number of rotatable bonds is 4. The van der Waals surface area contributed by atoms with Gasteiger partial charge in [-0.3, -0.25) is 9.59 Å². The molecule has 2 amide bonds. The smallest absolute Gasteiger partial charge is 0.272 e. The van der Waals surface area contributed by atoms with Gasteiger partial charge in [-0.2, -0.15) is 0 Å². The van der Waals surface area contributed by atoms with E-state index in [1.807, 2.05) is 0 Å². The van der Waals surface area contributed by atoms with Crippen molar-refractivity contribution < 1.29 is 14.0 Å². The second kappa shape index (κ2) is 5.66. The quantitative estimate of drug-likeness (QED) is 0.831. The Labute approximate surface area is 113 Å². The zero-order chi connectivity index (χ0) is 13.9. The molecule has 2 N–H and O–H groups in total. The van der Waals surface area contributed by atoms with Crippen LogP contribution in [-0.2, 0) is 4.79 Å². The Morgan fingerprint density at radius 2 is 2.06 bits per heavy atom. The van der Waals surface area contributed by atoms with Gasteiger partial charge in [0.1, 0.15) is 5.00 Å². The third-order valence-corrected chi connectivity index (χ3v) is 3.95. The van der Waals surface area contributed by atoms with E-state index in [1.54, 1.807) is 6.26 Å². The standard InChI is InChI=1S/C10H14FN3O2S2/c1-10(2,11)8(16)14-7-5(6(15)12-3)13-9(17-4)18-7/h1-4H3,(H,12,15)(H,14,16). The summed E-state index contributed by atoms with van der Waals surface area (Å²) in [4.78, 5) is 27.2. The predicted octanol–water partition coefficient (Wildman–Crippen LogP) is 1.91. The van der Waals surface area contributed by atoms with Crippen molar-refractivity contribution in [2.45, 2.75) is 23.9 Å². The summed E-state index contributed by atoms with van der Waals surface area (Å²) in [6.45, 7) is 2.30. The first kappa shape index (κ1) is 14.9. The van der Waals surface area contributed by atoms with Crippen LogP contribution >= 0.6 is 23.1 Å². The summed E-state index contributed by atoms with van der Waals surface area (Å²) in [5.41, 5.74) is -1.91. The maximum Gasteiger partial charge on any atom is 0.272 e. The molecule has 18 heavy (non-hydrogen) atoms. The van der Waals surface area contributed by atoms with E-state index >= 15 is 0 Å². The lowest BCUT2D eigenvalue weighted by molar-refractivity contribution is -0.125. The molecule has 5 nitrogen and oxygen atoms in total. The topological polar surface area (TPSA) is 71.1 Å². The van der Waals surface area contributed by atoms with Crippen LogP contribution in [-0.4, -0.2) is 35.8 Å². The average molecular weight is 291 g/mol. The van der Waals surface area contributed by atoms with E-state index < -0.39 is 17.5 Å². The second-order valence-corrected chi connectivity index (χ2v) is 5.92. The highest BCUT2D eigenvalue weighted by Crippen LogP contribution is 2.31. The van der Waals surface area contributed by atoms with Crippen molar-refractivity contribution in [2.75, 3.05) is 18.6 Å². The highest BCUT2D eigenvalue weighted by atomic mass is 32.2. The number of nitrogens with one attached hydrogen (secondary N) is 2. The van der Waals surface area contributed by atoms with Crippen molar-refractivity contribution >= 4 is 39.9 Å². The summed E-state index contributed by atoms with van der Waals surface area (Å²) in [5, 5.41) is 5.07. The molecule has 0 spiro atoms. The van der Waals surface area contributed by atoms with Gasteiger partial charge in [0.2, 0.25) is 0 Å². The number of alkyl halides is 1. The van der Waals surface area contributed by atoms with Gasteiger partial charge in [0.25, 0.3) is 11.8 Å². The third-order valence-electron chi connectivity index (χ3n) is 1.99. The zero-order valence-corrected chi connectivity index (χ0v) is 12.1. The van der Waals surface area contributed by atoms with E-state index in [0.29, 0.717) is 4.34 Å². The van der Waals surface area contributed by atoms with E-state index in [9.17, 15) is 14.0 Å². The first-order chi connectivity index (χ1) is 8.29. The van der Waals surface area contributed by atoms with Crippen LogP contribution in [0.15, 0.2) is 4.34 Å². The van der Waals surface area contributed by atoms with Crippen molar-refractivity contribution in [3.8, 4) is 0 Å². The molecule has 0 aromatic carbocycles. The molecule has 0 saturated carbocycles. The number of halogens is 1. The van der Waals surface area contributed by atoms with Crippen molar-refractivity contribution in [3.63, 3.8) is 0 Å². The fourth-order valence-electron chi connectivity index (χ4n) is 0.997. The number of hydrogen-bond acceptors (Lipinski definition) is 5. The molecule has 0 bridgehead atoms. The van der Waals surface area contributed by atoms with Gasteiger partial charge in [0.05, 0.1) is 0 Å². The minimum Gasteiger partial charge on any atom is -0.354 e. The first-order valence-corrected chi connectivity index (χ1v) is 7.11. The Balaban J connectivity index is 3.04. The molecule has 0 radical (unpaired) electrons. The molecule has 0 aliphatic rings. The predicted molar refractivity (Wildman–Crippen MR) is 71.1 cm³/mol. The number of amides is 2. The van der Waals surface area contributed by atoms with Gasteiger partial charge >= 0.3 is 0 Å². The van der Waals surface area contributed by atoms with Crippen LogP contribution in [0, 0.1) is 0 Å². The van der Waals surface area contributed by atoms with Crippen molar-refractivity contribution in [2.24, 2.45) is 0 Å². The summed E-state index contributed by atoms with van der Waals surface area (Å²) >= 11 is 2.49. The van der Waals surface area contributed by atoms with Gasteiger partial charge < -0.3 is 10.6 Å². The molecule has 0 unspecified atom stereocenters. The van der Waals surface area contributed by atoms with E-state index in [0.717, 1.165) is 25.2 Å². The SMILES string of the molecule is CNC(=O)c1nc(SC)sc1NC(=O)C(C)(C)F. The lowest BCUT2D eigenvalue weighted by atomic mass is 10.1. The number of thioether (sulfide) groups is 1. The number of carbonyl (C=O) groups is 2. The van der Waals surface area contributed by atoms with Gasteiger partial charge in [-0.05, 0) is 20.1 Å². The minimum absolute atomic E-state index is 0.101. The van der Waals surface area contributed by atoms with Crippen LogP contribution in [0.1, 0.15) is 24.3 Å². The van der Waals surface area contributed by atoms with Gasteiger partial charge in [0.15, 0.2) is 15.7 Å². The maximum absolute atomic E-state index is 13.4. The summed E-state index contributed by atoms with van der Waals surface area (Å²) in [5.74, 6) is -1.22. The molecule has 0 aliphatic heterocycles. The number of aromatic nitrogens is 1. The fraction of sp³-hybridized carbons (Fsp3) is 0.500.